The molecule has 0 saturated heterocycles. The summed E-state index contributed by atoms with van der Waals surface area (Å²) in [4.78, 5) is 4.13. The molecule has 0 saturated carbocycles. The minimum Gasteiger partial charge on any atom is -0.326 e. The highest BCUT2D eigenvalue weighted by molar-refractivity contribution is 9.10. The number of hydrogen-bond acceptors (Lipinski definition) is 4. The molecule has 0 amide bonds. The van der Waals surface area contributed by atoms with Crippen molar-refractivity contribution in [2.75, 3.05) is 0 Å². The maximum absolute atomic E-state index is 12.2. The van der Waals surface area contributed by atoms with Gasteiger partial charge in [-0.2, -0.15) is 0 Å². The molecule has 0 aliphatic rings. The molecular formula is C13H14BrN3O2S. The first-order valence-electron chi connectivity index (χ1n) is 5.90. The molecule has 0 aliphatic heterocycles. The number of nitrogens with zero attached hydrogens (tertiary/aromatic N) is 1. The van der Waals surface area contributed by atoms with Gasteiger partial charge in [-0.15, -0.1) is 0 Å². The zero-order chi connectivity index (χ0) is 14.6. The molecule has 3 N–H and O–H groups in total. The first-order chi connectivity index (χ1) is 9.53. The summed E-state index contributed by atoms with van der Waals surface area (Å²) in [5, 5.41) is 0. The molecule has 1 aromatic heterocycles. The zero-order valence-corrected chi connectivity index (χ0v) is 13.0. The normalized spacial score (nSPS) is 11.5. The van der Waals surface area contributed by atoms with Crippen molar-refractivity contribution in [3.63, 3.8) is 0 Å². The van der Waals surface area contributed by atoms with E-state index in [-0.39, 0.29) is 11.4 Å². The standard InChI is InChI=1S/C13H14BrN3O2S/c14-12-6-10(7-15)3-4-13(12)20(18,19)17-9-11-2-1-5-16-8-11/h1-6,8,17H,7,9,15H2. The number of benzene rings is 1. The molecule has 106 valence electrons. The van der Waals surface area contributed by atoms with E-state index >= 15 is 0 Å². The van der Waals surface area contributed by atoms with Crippen molar-refractivity contribution in [3.8, 4) is 0 Å². The predicted molar refractivity (Wildman–Crippen MR) is 80.3 cm³/mol. The van der Waals surface area contributed by atoms with Crippen LogP contribution in [0, 0.1) is 0 Å². The average Bonchev–Trinajstić information content (AvgIpc) is 2.46. The summed E-state index contributed by atoms with van der Waals surface area (Å²) in [6.07, 6.45) is 3.26. The Kier molecular flexibility index (Phi) is 4.87. The van der Waals surface area contributed by atoms with Crippen LogP contribution >= 0.6 is 15.9 Å². The topological polar surface area (TPSA) is 85.1 Å². The molecule has 5 nitrogen and oxygen atoms in total. The molecule has 1 heterocycles. The highest BCUT2D eigenvalue weighted by Crippen LogP contribution is 2.23. The van der Waals surface area contributed by atoms with Crippen LogP contribution < -0.4 is 10.5 Å². The smallest absolute Gasteiger partial charge is 0.241 e. The Morgan fingerprint density at radius 3 is 2.65 bits per heavy atom. The second kappa shape index (κ2) is 6.45. The van der Waals surface area contributed by atoms with Crippen molar-refractivity contribution in [1.29, 1.82) is 0 Å². The Bertz CT molecular complexity index is 690. The van der Waals surface area contributed by atoms with Crippen LogP contribution in [-0.2, 0) is 23.1 Å². The van der Waals surface area contributed by atoms with Crippen LogP contribution in [0.2, 0.25) is 0 Å². The Labute approximate surface area is 126 Å². The van der Waals surface area contributed by atoms with E-state index in [2.05, 4.69) is 25.6 Å². The third-order valence-corrected chi connectivity index (χ3v) is 5.09. The fraction of sp³-hybridized carbons (Fsp3) is 0.154. The molecule has 0 aliphatic carbocycles. The number of sulfonamides is 1. The summed E-state index contributed by atoms with van der Waals surface area (Å²) in [6, 6.07) is 8.51. The van der Waals surface area contributed by atoms with Gasteiger partial charge in [0.2, 0.25) is 10.0 Å². The first kappa shape index (κ1) is 15.1. The molecule has 0 bridgehead atoms. The van der Waals surface area contributed by atoms with Gasteiger partial charge in [0.1, 0.15) is 0 Å². The molecule has 2 rings (SSSR count). The maximum atomic E-state index is 12.2. The summed E-state index contributed by atoms with van der Waals surface area (Å²) in [7, 11) is -3.58. The summed E-state index contributed by atoms with van der Waals surface area (Å²) in [5.74, 6) is 0. The molecule has 7 heteroatoms. The largest absolute Gasteiger partial charge is 0.326 e. The SMILES string of the molecule is NCc1ccc(S(=O)(=O)NCc2cccnc2)c(Br)c1. The average molecular weight is 356 g/mol. The molecule has 0 spiro atoms. The molecule has 0 unspecified atom stereocenters. The van der Waals surface area contributed by atoms with Crippen molar-refractivity contribution in [1.82, 2.24) is 9.71 Å². The van der Waals surface area contributed by atoms with Gasteiger partial charge in [-0.25, -0.2) is 13.1 Å². The van der Waals surface area contributed by atoms with Crippen LogP contribution in [0.25, 0.3) is 0 Å². The number of hydrogen-bond donors (Lipinski definition) is 2. The predicted octanol–water partition coefficient (Wildman–Crippen LogP) is 1.78. The van der Waals surface area contributed by atoms with Gasteiger partial charge in [-0.1, -0.05) is 12.1 Å². The Balaban J connectivity index is 2.18. The minimum atomic E-state index is -3.58. The number of pyridine rings is 1. The van der Waals surface area contributed by atoms with Gasteiger partial charge in [-0.3, -0.25) is 4.98 Å². The lowest BCUT2D eigenvalue weighted by atomic mass is 10.2. The molecule has 2 aromatic rings. The van der Waals surface area contributed by atoms with E-state index in [9.17, 15) is 8.42 Å². The van der Waals surface area contributed by atoms with E-state index in [4.69, 9.17) is 5.73 Å². The lowest BCUT2D eigenvalue weighted by molar-refractivity contribution is 0.580. The van der Waals surface area contributed by atoms with Crippen molar-refractivity contribution in [3.05, 3.63) is 58.3 Å². The molecule has 20 heavy (non-hydrogen) atoms. The summed E-state index contributed by atoms with van der Waals surface area (Å²) >= 11 is 3.26. The van der Waals surface area contributed by atoms with Gasteiger partial charge in [-0.05, 0) is 45.3 Å². The van der Waals surface area contributed by atoms with Crippen LogP contribution in [0.15, 0.2) is 52.1 Å². The lowest BCUT2D eigenvalue weighted by Crippen LogP contribution is -2.23. The third kappa shape index (κ3) is 3.63. The van der Waals surface area contributed by atoms with Crippen LogP contribution in [-0.4, -0.2) is 13.4 Å². The van der Waals surface area contributed by atoms with E-state index in [1.54, 1.807) is 30.6 Å². The van der Waals surface area contributed by atoms with Gasteiger partial charge >= 0.3 is 0 Å². The van der Waals surface area contributed by atoms with Gasteiger partial charge < -0.3 is 5.73 Å². The van der Waals surface area contributed by atoms with Gasteiger partial charge in [0.05, 0.1) is 4.90 Å². The number of nitrogens with one attached hydrogen (secondary N) is 1. The van der Waals surface area contributed by atoms with Crippen molar-refractivity contribution in [2.24, 2.45) is 5.73 Å². The first-order valence-corrected chi connectivity index (χ1v) is 8.17. The maximum Gasteiger partial charge on any atom is 0.241 e. The van der Waals surface area contributed by atoms with Crippen molar-refractivity contribution in [2.45, 2.75) is 18.0 Å². The highest BCUT2D eigenvalue weighted by atomic mass is 79.9. The number of aromatic nitrogens is 1. The van der Waals surface area contributed by atoms with Gasteiger partial charge in [0.15, 0.2) is 0 Å². The lowest BCUT2D eigenvalue weighted by Gasteiger charge is -2.09. The van der Waals surface area contributed by atoms with Crippen LogP contribution in [0.3, 0.4) is 0 Å². The molecule has 0 fully saturated rings. The van der Waals surface area contributed by atoms with Crippen molar-refractivity contribution >= 4 is 26.0 Å². The summed E-state index contributed by atoms with van der Waals surface area (Å²) in [6.45, 7) is 0.559. The molecular weight excluding hydrogens is 342 g/mol. The monoisotopic (exact) mass is 355 g/mol. The quantitative estimate of drug-likeness (QED) is 0.855. The summed E-state index contributed by atoms with van der Waals surface area (Å²) in [5.41, 5.74) is 7.18. The Morgan fingerprint density at radius 2 is 2.05 bits per heavy atom. The van der Waals surface area contributed by atoms with Crippen molar-refractivity contribution < 1.29 is 8.42 Å². The van der Waals surface area contributed by atoms with Crippen LogP contribution in [0.4, 0.5) is 0 Å². The van der Waals surface area contributed by atoms with Gasteiger partial charge in [0.25, 0.3) is 0 Å². The number of nitrogens with two attached hydrogens (primary N) is 1. The fourth-order valence-corrected chi connectivity index (χ4v) is 3.79. The van der Waals surface area contributed by atoms with Crippen LogP contribution in [0.1, 0.15) is 11.1 Å². The highest BCUT2D eigenvalue weighted by Gasteiger charge is 2.17. The summed E-state index contributed by atoms with van der Waals surface area (Å²) < 4.78 is 27.5. The zero-order valence-electron chi connectivity index (χ0n) is 10.6. The Morgan fingerprint density at radius 1 is 1.25 bits per heavy atom. The third-order valence-electron chi connectivity index (χ3n) is 2.71. The second-order valence-electron chi connectivity index (χ2n) is 4.15. The van der Waals surface area contributed by atoms with Crippen LogP contribution in [0.5, 0.6) is 0 Å². The van der Waals surface area contributed by atoms with E-state index in [1.165, 1.54) is 6.07 Å². The Hall–Kier alpha value is -1.28. The van der Waals surface area contributed by atoms with E-state index in [0.29, 0.717) is 11.0 Å². The van der Waals surface area contributed by atoms with E-state index < -0.39 is 10.0 Å². The fourth-order valence-electron chi connectivity index (χ4n) is 1.65. The number of halogens is 1. The molecule has 0 atom stereocenters. The van der Waals surface area contributed by atoms with E-state index in [1.807, 2.05) is 6.07 Å². The second-order valence-corrected chi connectivity index (χ2v) is 6.74. The minimum absolute atomic E-state index is 0.193. The molecule has 0 radical (unpaired) electrons. The van der Waals surface area contributed by atoms with Gasteiger partial charge in [0, 0.05) is 30.0 Å². The van der Waals surface area contributed by atoms with E-state index in [0.717, 1.165) is 11.1 Å². The number of rotatable bonds is 5. The molecule has 1 aromatic carbocycles.